The van der Waals surface area contributed by atoms with E-state index in [1.54, 1.807) is 0 Å². The number of nitrogens with two attached hydrogens (primary N) is 1. The molecule has 0 radical (unpaired) electrons. The first-order valence-electron chi connectivity index (χ1n) is 1.42. The summed E-state index contributed by atoms with van der Waals surface area (Å²) in [5.41, 5.74) is 4.36. The quantitative estimate of drug-likeness (QED) is 0.380. The number of hydrogen-bond donors (Lipinski definition) is 3. The number of hydrogen-bond acceptors (Lipinski definition) is 2. The van der Waals surface area contributed by atoms with Gasteiger partial charge in [-0.2, -0.15) is 0 Å². The molecule has 0 aromatic heterocycles. The molecule has 5 nitrogen and oxygen atoms in total. The van der Waals surface area contributed by atoms with Crippen molar-refractivity contribution in [2.24, 2.45) is 5.73 Å². The zero-order valence-corrected chi connectivity index (χ0v) is 3.34. The lowest BCUT2D eigenvalue weighted by molar-refractivity contribution is 0.193. The van der Waals surface area contributed by atoms with Gasteiger partial charge in [-0.15, -0.1) is 0 Å². The number of carbonyl (C=O) groups excluding carboxylic acids is 1. The van der Waals surface area contributed by atoms with E-state index >= 15 is 0 Å². The minimum atomic E-state index is -1.44. The Morgan fingerprint density at radius 2 is 2.00 bits per heavy atom. The van der Waals surface area contributed by atoms with Gasteiger partial charge in [-0.3, -0.25) is 0 Å². The fourth-order valence-electron chi connectivity index (χ4n) is 0.105. The number of rotatable bonds is 0. The molecule has 3 amide bonds. The molecule has 0 aromatic rings. The van der Waals surface area contributed by atoms with Crippen LogP contribution in [0.3, 0.4) is 0 Å². The Morgan fingerprint density at radius 1 is 1.57 bits per heavy atom. The third-order valence-electron chi connectivity index (χ3n) is 0.230. The highest BCUT2D eigenvalue weighted by atomic mass is 16.4. The molecule has 0 atom stereocenters. The van der Waals surface area contributed by atoms with E-state index in [4.69, 9.17) is 5.11 Å². The molecule has 0 rings (SSSR count). The van der Waals surface area contributed by atoms with E-state index in [1.165, 1.54) is 5.32 Å². The number of imide groups is 1. The molecule has 0 bridgehead atoms. The van der Waals surface area contributed by atoms with Crippen molar-refractivity contribution < 1.29 is 14.7 Å². The molecule has 0 aliphatic rings. The van der Waals surface area contributed by atoms with Crippen molar-refractivity contribution in [3.05, 3.63) is 0 Å². The van der Waals surface area contributed by atoms with E-state index in [0.29, 0.717) is 0 Å². The van der Waals surface area contributed by atoms with Gasteiger partial charge >= 0.3 is 12.1 Å². The van der Waals surface area contributed by atoms with Gasteiger partial charge in [-0.1, -0.05) is 0 Å². The molecular weight excluding hydrogens is 100 g/mol. The predicted octanol–water partition coefficient (Wildman–Crippen LogP) is -0.667. The van der Waals surface area contributed by atoms with Gasteiger partial charge in [-0.25, -0.2) is 14.9 Å². The minimum absolute atomic E-state index is 1.06. The van der Waals surface area contributed by atoms with Crippen LogP contribution in [0.25, 0.3) is 0 Å². The van der Waals surface area contributed by atoms with Crippen LogP contribution in [0.15, 0.2) is 0 Å². The molecule has 0 aliphatic heterocycles. The average Bonchev–Trinajstić information content (AvgIpc) is 1.27. The highest BCUT2D eigenvalue weighted by molar-refractivity contribution is 5.88. The van der Waals surface area contributed by atoms with Gasteiger partial charge in [0.1, 0.15) is 0 Å². The highest BCUT2D eigenvalue weighted by Crippen LogP contribution is 1.55. The average molecular weight is 104 g/mol. The Hall–Kier alpha value is -1.26. The van der Waals surface area contributed by atoms with Gasteiger partial charge in [0, 0.05) is 0 Å². The Labute approximate surface area is 39.1 Å². The number of urea groups is 1. The monoisotopic (exact) mass is 104 g/mol. The van der Waals surface area contributed by atoms with E-state index in [-0.39, 0.29) is 0 Å². The number of carbonyl (C=O) groups is 2. The van der Waals surface area contributed by atoms with Crippen LogP contribution in [0.1, 0.15) is 0 Å². The van der Waals surface area contributed by atoms with Crippen molar-refractivity contribution in [3.8, 4) is 0 Å². The van der Waals surface area contributed by atoms with Crippen LogP contribution >= 0.6 is 0 Å². The number of amides is 3. The van der Waals surface area contributed by atoms with E-state index in [1.807, 2.05) is 0 Å². The molecule has 4 N–H and O–H groups in total. The SMILES string of the molecule is NC(=O)NC(=O)O. The fraction of sp³-hybridized carbons (Fsp3) is 0. The van der Waals surface area contributed by atoms with Crippen molar-refractivity contribution in [3.63, 3.8) is 0 Å². The zero-order chi connectivity index (χ0) is 5.86. The molecule has 0 aliphatic carbocycles. The molecule has 5 heteroatoms. The van der Waals surface area contributed by atoms with E-state index < -0.39 is 12.1 Å². The Kier molecular flexibility index (Phi) is 1.65. The summed E-state index contributed by atoms with van der Waals surface area (Å²) in [6.45, 7) is 0. The van der Waals surface area contributed by atoms with Crippen LogP contribution in [0.5, 0.6) is 0 Å². The summed E-state index contributed by atoms with van der Waals surface area (Å²) in [7, 11) is 0. The predicted molar refractivity (Wildman–Crippen MR) is 20.7 cm³/mol. The fourth-order valence-corrected chi connectivity index (χ4v) is 0.105. The van der Waals surface area contributed by atoms with Crippen LogP contribution < -0.4 is 11.1 Å². The van der Waals surface area contributed by atoms with E-state index in [9.17, 15) is 9.59 Å². The second kappa shape index (κ2) is 2.01. The van der Waals surface area contributed by atoms with Gasteiger partial charge in [-0.05, 0) is 0 Å². The van der Waals surface area contributed by atoms with Gasteiger partial charge in [0.15, 0.2) is 0 Å². The standard InChI is InChI=1S/C2H4N2O3/c3-1(5)4-2(6)7/h(H,6,7)(H3,3,4,5). The van der Waals surface area contributed by atoms with Gasteiger partial charge < -0.3 is 10.8 Å². The zero-order valence-electron chi connectivity index (χ0n) is 3.34. The second-order valence-corrected chi connectivity index (χ2v) is 0.794. The van der Waals surface area contributed by atoms with Crippen molar-refractivity contribution in [1.29, 1.82) is 0 Å². The van der Waals surface area contributed by atoms with Crippen LogP contribution in [0.2, 0.25) is 0 Å². The first-order valence-corrected chi connectivity index (χ1v) is 1.42. The lowest BCUT2D eigenvalue weighted by atomic mass is 11.0. The molecule has 0 fully saturated rings. The van der Waals surface area contributed by atoms with Gasteiger partial charge in [0.05, 0.1) is 0 Å². The Bertz CT molecular complexity index is 87.1. The minimum Gasteiger partial charge on any atom is -0.465 e. The first kappa shape index (κ1) is 5.74. The molecular formula is C2H4N2O3. The van der Waals surface area contributed by atoms with Crippen LogP contribution in [-0.4, -0.2) is 17.2 Å². The molecule has 0 heterocycles. The van der Waals surface area contributed by atoms with E-state index in [0.717, 1.165) is 0 Å². The lowest BCUT2D eigenvalue weighted by Crippen LogP contribution is -2.33. The van der Waals surface area contributed by atoms with Crippen molar-refractivity contribution >= 4 is 12.1 Å². The van der Waals surface area contributed by atoms with Crippen LogP contribution in [0, 0.1) is 0 Å². The number of primary amides is 1. The summed E-state index contributed by atoms with van der Waals surface area (Å²) in [6, 6.07) is -1.06. The summed E-state index contributed by atoms with van der Waals surface area (Å²) >= 11 is 0. The molecule has 40 valence electrons. The van der Waals surface area contributed by atoms with Crippen molar-refractivity contribution in [2.75, 3.05) is 0 Å². The van der Waals surface area contributed by atoms with E-state index in [2.05, 4.69) is 5.73 Å². The summed E-state index contributed by atoms with van der Waals surface area (Å²) in [4.78, 5) is 18.9. The third-order valence-corrected chi connectivity index (χ3v) is 0.230. The summed E-state index contributed by atoms with van der Waals surface area (Å²) in [5.74, 6) is 0. The van der Waals surface area contributed by atoms with Gasteiger partial charge in [0.25, 0.3) is 0 Å². The van der Waals surface area contributed by atoms with Crippen LogP contribution in [-0.2, 0) is 0 Å². The van der Waals surface area contributed by atoms with Crippen LogP contribution in [0.4, 0.5) is 9.59 Å². The maximum Gasteiger partial charge on any atom is 0.412 e. The largest absolute Gasteiger partial charge is 0.465 e. The smallest absolute Gasteiger partial charge is 0.412 e. The molecule has 0 spiro atoms. The summed E-state index contributed by atoms with van der Waals surface area (Å²) in [5, 5.41) is 9.03. The molecule has 0 saturated heterocycles. The number of nitrogens with one attached hydrogen (secondary N) is 1. The summed E-state index contributed by atoms with van der Waals surface area (Å²) in [6.07, 6.45) is -1.44. The Morgan fingerprint density at radius 3 is 2.00 bits per heavy atom. The van der Waals surface area contributed by atoms with Crippen molar-refractivity contribution in [2.45, 2.75) is 0 Å². The third kappa shape index (κ3) is 4.74. The van der Waals surface area contributed by atoms with Crippen molar-refractivity contribution in [1.82, 2.24) is 5.32 Å². The normalized spacial score (nSPS) is 7.43. The molecule has 0 aromatic carbocycles. The first-order chi connectivity index (χ1) is 3.13. The lowest BCUT2D eigenvalue weighted by Gasteiger charge is -1.86. The molecule has 0 saturated carbocycles. The van der Waals surface area contributed by atoms with Gasteiger partial charge in [0.2, 0.25) is 0 Å². The molecule has 7 heavy (non-hydrogen) atoms. The maximum absolute atomic E-state index is 9.54. The topological polar surface area (TPSA) is 92.4 Å². The number of carboxylic acid groups (broad SMARTS) is 1. The molecule has 0 unspecified atom stereocenters. The summed E-state index contributed by atoms with van der Waals surface area (Å²) < 4.78 is 0. The second-order valence-electron chi connectivity index (χ2n) is 0.794. The Balaban J connectivity index is 3.32. The highest BCUT2D eigenvalue weighted by Gasteiger charge is 1.94. The maximum atomic E-state index is 9.54.